The van der Waals surface area contributed by atoms with Crippen molar-refractivity contribution in [2.45, 2.75) is 38.6 Å². The lowest BCUT2D eigenvalue weighted by molar-refractivity contribution is 0.255. The molecule has 0 bridgehead atoms. The number of hydrogen-bond acceptors (Lipinski definition) is 4. The zero-order chi connectivity index (χ0) is 10.6. The van der Waals surface area contributed by atoms with Gasteiger partial charge in [0.25, 0.3) is 0 Å². The third-order valence-electron chi connectivity index (χ3n) is 3.16. The molecular weight excluding hydrogens is 200 g/mol. The first-order valence-electron chi connectivity index (χ1n) is 5.13. The summed E-state index contributed by atoms with van der Waals surface area (Å²) in [4.78, 5) is 0. The van der Waals surface area contributed by atoms with E-state index in [1.54, 1.807) is 0 Å². The quantitative estimate of drug-likeness (QED) is 0.773. The van der Waals surface area contributed by atoms with Crippen molar-refractivity contribution in [1.82, 2.24) is 0 Å². The van der Waals surface area contributed by atoms with Crippen LogP contribution in [0.15, 0.2) is 4.36 Å². The molecule has 0 aromatic heterocycles. The molecule has 0 aromatic rings. The number of nitrogens with zero attached hydrogens (tertiary/aromatic N) is 1. The molecule has 0 aliphatic heterocycles. The molecule has 1 atom stereocenters. The Balaban J connectivity index is 2.45. The maximum atomic E-state index is 10.4. The molecule has 1 rings (SSSR count). The highest BCUT2D eigenvalue weighted by atomic mass is 32.2. The summed E-state index contributed by atoms with van der Waals surface area (Å²) in [6.07, 6.45) is 4.35. The summed E-state index contributed by atoms with van der Waals surface area (Å²) in [6.45, 7) is 2.63. The topological polar surface area (TPSA) is 72.5 Å². The molecule has 1 aliphatic rings. The van der Waals surface area contributed by atoms with Gasteiger partial charge in [0.2, 0.25) is 0 Å². The van der Waals surface area contributed by atoms with E-state index in [9.17, 15) is 8.42 Å². The third-order valence-corrected chi connectivity index (χ3v) is 3.66. The molecule has 4 nitrogen and oxygen atoms in total. The molecule has 2 N–H and O–H groups in total. The molecule has 1 aliphatic carbocycles. The van der Waals surface area contributed by atoms with E-state index in [2.05, 4.69) is 4.36 Å². The van der Waals surface area contributed by atoms with Crippen LogP contribution in [0.2, 0.25) is 0 Å². The predicted octanol–water partition coefficient (Wildman–Crippen LogP) is 1.20. The van der Waals surface area contributed by atoms with Crippen molar-refractivity contribution in [3.05, 3.63) is 0 Å². The van der Waals surface area contributed by atoms with E-state index in [0.29, 0.717) is 11.8 Å². The van der Waals surface area contributed by atoms with Gasteiger partial charge in [0.1, 0.15) is 0 Å². The molecule has 14 heavy (non-hydrogen) atoms. The van der Waals surface area contributed by atoms with Crippen LogP contribution in [-0.2, 0) is 10.5 Å². The van der Waals surface area contributed by atoms with Crippen LogP contribution >= 0.6 is 0 Å². The minimum atomic E-state index is -2.26. The first kappa shape index (κ1) is 11.7. The molecular formula is C9H18N2O2S. The monoisotopic (exact) mass is 218 g/mol. The van der Waals surface area contributed by atoms with Crippen LogP contribution in [0.25, 0.3) is 0 Å². The SMILES string of the molecule is CC(N=S(=O)=O)C1CCC(CN)CC1. The van der Waals surface area contributed by atoms with Crippen LogP contribution in [0.5, 0.6) is 0 Å². The van der Waals surface area contributed by atoms with Gasteiger partial charge in [0.15, 0.2) is 0 Å². The number of rotatable bonds is 3. The summed E-state index contributed by atoms with van der Waals surface area (Å²) in [6, 6.07) is -0.0629. The molecule has 5 heteroatoms. The molecule has 0 aromatic carbocycles. The molecule has 0 amide bonds. The summed E-state index contributed by atoms with van der Waals surface area (Å²) in [5.74, 6) is 1.06. The van der Waals surface area contributed by atoms with Crippen molar-refractivity contribution in [3.8, 4) is 0 Å². The van der Waals surface area contributed by atoms with Gasteiger partial charge in [-0.1, -0.05) is 0 Å². The van der Waals surface area contributed by atoms with Crippen molar-refractivity contribution in [3.63, 3.8) is 0 Å². The Morgan fingerprint density at radius 2 is 1.93 bits per heavy atom. The Hall–Kier alpha value is -0.420. The van der Waals surface area contributed by atoms with Crippen molar-refractivity contribution in [2.75, 3.05) is 6.54 Å². The highest BCUT2D eigenvalue weighted by molar-refractivity contribution is 7.61. The fourth-order valence-electron chi connectivity index (χ4n) is 2.13. The summed E-state index contributed by atoms with van der Waals surface area (Å²) in [7, 11) is -2.26. The second-order valence-electron chi connectivity index (χ2n) is 4.08. The molecule has 1 saturated carbocycles. The fourth-order valence-corrected chi connectivity index (χ4v) is 2.57. The van der Waals surface area contributed by atoms with Crippen LogP contribution in [0.3, 0.4) is 0 Å². The normalized spacial score (nSPS) is 29.6. The Labute approximate surface area is 86.6 Å². The first-order valence-corrected chi connectivity index (χ1v) is 6.17. The second kappa shape index (κ2) is 5.46. The summed E-state index contributed by atoms with van der Waals surface area (Å²) in [5, 5.41) is 0. The highest BCUT2D eigenvalue weighted by Gasteiger charge is 2.24. The third kappa shape index (κ3) is 3.38. The van der Waals surface area contributed by atoms with Gasteiger partial charge in [0, 0.05) is 0 Å². The lowest BCUT2D eigenvalue weighted by Gasteiger charge is -2.29. The van der Waals surface area contributed by atoms with Gasteiger partial charge >= 0.3 is 10.5 Å². The Bertz CT molecular complexity index is 284. The van der Waals surface area contributed by atoms with Gasteiger partial charge in [-0.25, -0.2) is 0 Å². The van der Waals surface area contributed by atoms with Crippen LogP contribution in [0.1, 0.15) is 32.6 Å². The van der Waals surface area contributed by atoms with Crippen LogP contribution in [-0.4, -0.2) is 21.0 Å². The summed E-state index contributed by atoms with van der Waals surface area (Å²) < 4.78 is 24.4. The largest absolute Gasteiger partial charge is 0.330 e. The van der Waals surface area contributed by atoms with E-state index in [4.69, 9.17) is 5.73 Å². The molecule has 1 fully saturated rings. The van der Waals surface area contributed by atoms with Gasteiger partial charge in [-0.3, -0.25) is 0 Å². The molecule has 0 spiro atoms. The van der Waals surface area contributed by atoms with E-state index in [1.807, 2.05) is 6.92 Å². The number of hydrogen-bond donors (Lipinski definition) is 1. The lowest BCUT2D eigenvalue weighted by atomic mass is 9.79. The zero-order valence-corrected chi connectivity index (χ0v) is 9.33. The minimum absolute atomic E-state index is 0.0629. The second-order valence-corrected chi connectivity index (χ2v) is 4.72. The van der Waals surface area contributed by atoms with E-state index in [1.165, 1.54) is 0 Å². The smallest absolute Gasteiger partial charge is 0.311 e. The van der Waals surface area contributed by atoms with Crippen LogP contribution in [0, 0.1) is 11.8 Å². The molecule has 0 radical (unpaired) electrons. The van der Waals surface area contributed by atoms with E-state index < -0.39 is 10.5 Å². The van der Waals surface area contributed by atoms with Gasteiger partial charge in [-0.2, -0.15) is 12.8 Å². The predicted molar refractivity (Wildman–Crippen MR) is 55.3 cm³/mol. The van der Waals surface area contributed by atoms with Gasteiger partial charge in [-0.05, 0) is 51.0 Å². The highest BCUT2D eigenvalue weighted by Crippen LogP contribution is 2.31. The first-order chi connectivity index (χ1) is 6.63. The summed E-state index contributed by atoms with van der Waals surface area (Å²) in [5.41, 5.74) is 5.58. The maximum absolute atomic E-state index is 10.4. The standard InChI is InChI=1S/C9H18N2O2S/c1-7(11-14(12)13)9-4-2-8(6-10)3-5-9/h7-9H,2-6,10H2,1H3. The lowest BCUT2D eigenvalue weighted by Crippen LogP contribution is -2.26. The van der Waals surface area contributed by atoms with Gasteiger partial charge in [0.05, 0.1) is 6.04 Å². The average Bonchev–Trinajstić information content (AvgIpc) is 2.17. The number of nitrogens with two attached hydrogens (primary N) is 1. The Kier molecular flexibility index (Phi) is 4.54. The molecule has 0 saturated heterocycles. The van der Waals surface area contributed by atoms with Gasteiger partial charge in [-0.15, -0.1) is 0 Å². The summed E-state index contributed by atoms with van der Waals surface area (Å²) >= 11 is 0. The van der Waals surface area contributed by atoms with E-state index in [-0.39, 0.29) is 6.04 Å². The Morgan fingerprint density at radius 3 is 2.36 bits per heavy atom. The van der Waals surface area contributed by atoms with E-state index >= 15 is 0 Å². The maximum Gasteiger partial charge on any atom is 0.311 e. The fraction of sp³-hybridized carbons (Fsp3) is 1.00. The average molecular weight is 218 g/mol. The van der Waals surface area contributed by atoms with Crippen LogP contribution < -0.4 is 5.73 Å². The molecule has 82 valence electrons. The van der Waals surface area contributed by atoms with E-state index in [0.717, 1.165) is 32.2 Å². The van der Waals surface area contributed by atoms with Crippen molar-refractivity contribution < 1.29 is 8.42 Å². The minimum Gasteiger partial charge on any atom is -0.330 e. The molecule has 1 unspecified atom stereocenters. The van der Waals surface area contributed by atoms with Crippen LogP contribution in [0.4, 0.5) is 0 Å². The van der Waals surface area contributed by atoms with Crippen molar-refractivity contribution >= 4 is 10.5 Å². The van der Waals surface area contributed by atoms with Gasteiger partial charge < -0.3 is 5.73 Å². The molecule has 0 heterocycles. The van der Waals surface area contributed by atoms with Crippen molar-refractivity contribution in [2.24, 2.45) is 21.9 Å². The zero-order valence-electron chi connectivity index (χ0n) is 8.52. The Morgan fingerprint density at radius 1 is 1.36 bits per heavy atom. The van der Waals surface area contributed by atoms with Crippen molar-refractivity contribution in [1.29, 1.82) is 0 Å².